The molecule has 2 N–H and O–H groups in total. The van der Waals surface area contributed by atoms with Crippen LogP contribution in [0.2, 0.25) is 0 Å². The Labute approximate surface area is 103 Å². The first kappa shape index (κ1) is 15.2. The number of aliphatic carboxylic acids is 1. The van der Waals surface area contributed by atoms with Gasteiger partial charge in [0.1, 0.15) is 0 Å². The molecule has 2 aliphatic rings. The molecule has 0 spiro atoms. The second kappa shape index (κ2) is 6.91. The van der Waals surface area contributed by atoms with Gasteiger partial charge in [-0.3, -0.25) is 4.90 Å². The van der Waals surface area contributed by atoms with E-state index in [1.54, 1.807) is 0 Å². The highest BCUT2D eigenvalue weighted by Gasteiger charge is 2.38. The molecule has 1 unspecified atom stereocenters. The molecule has 18 heavy (non-hydrogen) atoms. The predicted octanol–water partition coefficient (Wildman–Crippen LogP) is 0.314. The largest absolute Gasteiger partial charge is 0.490 e. The molecule has 0 aromatic rings. The highest BCUT2D eigenvalue weighted by atomic mass is 19.4. The maximum Gasteiger partial charge on any atom is 0.490 e. The minimum atomic E-state index is -5.08. The molecular weight excluding hydrogens is 253 g/mol. The van der Waals surface area contributed by atoms with Crippen molar-refractivity contribution in [3.63, 3.8) is 0 Å². The minimum Gasteiger partial charge on any atom is -0.475 e. The summed E-state index contributed by atoms with van der Waals surface area (Å²) in [6, 6.07) is 0.720. The number of alkyl halides is 3. The van der Waals surface area contributed by atoms with E-state index in [9.17, 15) is 13.2 Å². The Morgan fingerprint density at radius 3 is 2.28 bits per heavy atom. The van der Waals surface area contributed by atoms with E-state index < -0.39 is 12.1 Å². The number of carbonyl (C=O) groups is 1. The summed E-state index contributed by atoms with van der Waals surface area (Å²) in [6.45, 7) is 6.63. The second-order valence-corrected chi connectivity index (χ2v) is 4.11. The molecule has 2 aliphatic heterocycles. The lowest BCUT2D eigenvalue weighted by Crippen LogP contribution is -2.48. The van der Waals surface area contributed by atoms with E-state index in [1.165, 1.54) is 19.5 Å². The van der Waals surface area contributed by atoms with Crippen LogP contribution in [-0.4, -0.2) is 67.6 Å². The molecule has 2 fully saturated rings. The zero-order valence-electron chi connectivity index (χ0n) is 9.87. The monoisotopic (exact) mass is 270 g/mol. The number of halogens is 3. The number of hydrogen-bond donors (Lipinski definition) is 2. The highest BCUT2D eigenvalue weighted by Crippen LogP contribution is 2.13. The minimum absolute atomic E-state index is 0.720. The van der Waals surface area contributed by atoms with Crippen molar-refractivity contribution < 1.29 is 27.8 Å². The first-order valence-electron chi connectivity index (χ1n) is 5.74. The van der Waals surface area contributed by atoms with Gasteiger partial charge in [0.15, 0.2) is 0 Å². The lowest BCUT2D eigenvalue weighted by Gasteiger charge is -2.31. The normalized spacial score (nSPS) is 25.4. The van der Waals surface area contributed by atoms with Gasteiger partial charge >= 0.3 is 12.1 Å². The van der Waals surface area contributed by atoms with Crippen LogP contribution in [0.15, 0.2) is 0 Å². The number of carboxylic acids is 1. The van der Waals surface area contributed by atoms with E-state index in [1.807, 2.05) is 0 Å². The van der Waals surface area contributed by atoms with E-state index in [2.05, 4.69) is 10.2 Å². The topological polar surface area (TPSA) is 61.8 Å². The summed E-state index contributed by atoms with van der Waals surface area (Å²) in [5.74, 6) is -2.76. The van der Waals surface area contributed by atoms with Crippen LogP contribution >= 0.6 is 0 Å². The fourth-order valence-corrected chi connectivity index (χ4v) is 1.86. The van der Waals surface area contributed by atoms with Crippen molar-refractivity contribution >= 4 is 5.97 Å². The average Bonchev–Trinajstić information content (AvgIpc) is 2.83. The quantitative estimate of drug-likeness (QED) is 0.718. The lowest BCUT2D eigenvalue weighted by molar-refractivity contribution is -0.192. The molecular formula is C10H17F3N2O3. The van der Waals surface area contributed by atoms with Gasteiger partial charge in [0, 0.05) is 38.8 Å². The molecule has 5 nitrogen and oxygen atoms in total. The van der Waals surface area contributed by atoms with Crippen LogP contribution in [0.3, 0.4) is 0 Å². The molecule has 0 amide bonds. The third-order valence-electron chi connectivity index (χ3n) is 2.82. The molecule has 106 valence electrons. The van der Waals surface area contributed by atoms with E-state index >= 15 is 0 Å². The van der Waals surface area contributed by atoms with Crippen molar-refractivity contribution in [2.24, 2.45) is 0 Å². The Morgan fingerprint density at radius 1 is 1.33 bits per heavy atom. The van der Waals surface area contributed by atoms with Crippen molar-refractivity contribution in [1.29, 1.82) is 0 Å². The number of rotatable bonds is 1. The third kappa shape index (κ3) is 5.19. The third-order valence-corrected chi connectivity index (χ3v) is 2.82. The van der Waals surface area contributed by atoms with E-state index in [0.29, 0.717) is 0 Å². The standard InChI is InChI=1S/C8H16N2O.C2HF3O2/c1-6-11-7-8(1)10-4-2-9-3-5-10;3-2(4,5)1(6)7/h8-9H,1-7H2;(H,6,7). The van der Waals surface area contributed by atoms with Gasteiger partial charge in [0.2, 0.25) is 0 Å². The van der Waals surface area contributed by atoms with Crippen molar-refractivity contribution in [2.45, 2.75) is 18.6 Å². The molecule has 8 heteroatoms. The Bertz CT molecular complexity index is 262. The molecule has 2 rings (SSSR count). The first-order valence-corrected chi connectivity index (χ1v) is 5.74. The first-order chi connectivity index (χ1) is 8.41. The molecule has 0 radical (unpaired) electrons. The summed E-state index contributed by atoms with van der Waals surface area (Å²) in [4.78, 5) is 11.4. The smallest absolute Gasteiger partial charge is 0.475 e. The molecule has 0 bridgehead atoms. The zero-order valence-corrected chi connectivity index (χ0v) is 9.87. The molecule has 2 heterocycles. The molecule has 1 atom stereocenters. The molecule has 2 saturated heterocycles. The van der Waals surface area contributed by atoms with Gasteiger partial charge in [-0.2, -0.15) is 13.2 Å². The van der Waals surface area contributed by atoms with Crippen molar-refractivity contribution in [1.82, 2.24) is 10.2 Å². The molecule has 0 aliphatic carbocycles. The number of carboxylic acid groups (broad SMARTS) is 1. The maximum atomic E-state index is 10.6. The fourth-order valence-electron chi connectivity index (χ4n) is 1.86. The van der Waals surface area contributed by atoms with Gasteiger partial charge in [-0.1, -0.05) is 0 Å². The van der Waals surface area contributed by atoms with Gasteiger partial charge in [-0.05, 0) is 6.42 Å². The van der Waals surface area contributed by atoms with Crippen LogP contribution < -0.4 is 5.32 Å². The number of hydrogen-bond acceptors (Lipinski definition) is 4. The van der Waals surface area contributed by atoms with Crippen LogP contribution in [0.5, 0.6) is 0 Å². The van der Waals surface area contributed by atoms with Crippen molar-refractivity contribution in [3.8, 4) is 0 Å². The van der Waals surface area contributed by atoms with E-state index in [4.69, 9.17) is 14.6 Å². The second-order valence-electron chi connectivity index (χ2n) is 4.11. The van der Waals surface area contributed by atoms with Gasteiger partial charge < -0.3 is 15.2 Å². The van der Waals surface area contributed by atoms with Crippen LogP contribution in [0.25, 0.3) is 0 Å². The summed E-state index contributed by atoms with van der Waals surface area (Å²) in [7, 11) is 0. The number of ether oxygens (including phenoxy) is 1. The summed E-state index contributed by atoms with van der Waals surface area (Å²) < 4.78 is 37.1. The van der Waals surface area contributed by atoms with Crippen molar-refractivity contribution in [3.05, 3.63) is 0 Å². The van der Waals surface area contributed by atoms with Gasteiger partial charge in [0.05, 0.1) is 6.61 Å². The number of nitrogens with zero attached hydrogens (tertiary/aromatic N) is 1. The number of piperazine rings is 1. The summed E-state index contributed by atoms with van der Waals surface area (Å²) in [6.07, 6.45) is -3.85. The number of nitrogens with one attached hydrogen (secondary N) is 1. The summed E-state index contributed by atoms with van der Waals surface area (Å²) in [5, 5.41) is 10.5. The Morgan fingerprint density at radius 2 is 1.89 bits per heavy atom. The fraction of sp³-hybridized carbons (Fsp3) is 0.900. The van der Waals surface area contributed by atoms with Crippen LogP contribution in [-0.2, 0) is 9.53 Å². The van der Waals surface area contributed by atoms with Crippen LogP contribution in [0.4, 0.5) is 13.2 Å². The van der Waals surface area contributed by atoms with Crippen LogP contribution in [0.1, 0.15) is 6.42 Å². The molecule has 0 saturated carbocycles. The van der Waals surface area contributed by atoms with Gasteiger partial charge in [-0.25, -0.2) is 4.79 Å². The van der Waals surface area contributed by atoms with E-state index in [0.717, 1.165) is 32.3 Å². The molecule has 0 aromatic heterocycles. The highest BCUT2D eigenvalue weighted by molar-refractivity contribution is 5.73. The van der Waals surface area contributed by atoms with E-state index in [-0.39, 0.29) is 0 Å². The van der Waals surface area contributed by atoms with Crippen LogP contribution in [0, 0.1) is 0 Å². The SMILES string of the molecule is C1CN(C2CCOC2)CCN1.O=C(O)C(F)(F)F. The molecule has 0 aromatic carbocycles. The zero-order chi connectivity index (χ0) is 13.6. The lowest BCUT2D eigenvalue weighted by atomic mass is 10.2. The summed E-state index contributed by atoms with van der Waals surface area (Å²) >= 11 is 0. The summed E-state index contributed by atoms with van der Waals surface area (Å²) in [5.41, 5.74) is 0. The Balaban J connectivity index is 0.000000203. The maximum absolute atomic E-state index is 10.6. The predicted molar refractivity (Wildman–Crippen MR) is 57.4 cm³/mol. The van der Waals surface area contributed by atoms with Crippen molar-refractivity contribution in [2.75, 3.05) is 39.4 Å². The van der Waals surface area contributed by atoms with Gasteiger partial charge in [-0.15, -0.1) is 0 Å². The average molecular weight is 270 g/mol. The Kier molecular flexibility index (Phi) is 5.83. The van der Waals surface area contributed by atoms with Gasteiger partial charge in [0.25, 0.3) is 0 Å². The Hall–Kier alpha value is -0.860.